The van der Waals surface area contributed by atoms with Crippen LogP contribution in [-0.2, 0) is 16.1 Å². The maximum atomic E-state index is 12.8. The number of hydrogen-bond acceptors (Lipinski definition) is 6. The van der Waals surface area contributed by atoms with E-state index < -0.39 is 0 Å². The van der Waals surface area contributed by atoms with Crippen molar-refractivity contribution in [3.05, 3.63) is 87.5 Å². The number of halogens is 1. The van der Waals surface area contributed by atoms with Crippen molar-refractivity contribution in [3.63, 3.8) is 0 Å². The molecule has 1 aliphatic rings. The van der Waals surface area contributed by atoms with Crippen LogP contribution in [0.1, 0.15) is 41.4 Å². The van der Waals surface area contributed by atoms with Crippen LogP contribution in [0.25, 0.3) is 17.4 Å². The minimum Gasteiger partial charge on any atom is -0.462 e. The van der Waals surface area contributed by atoms with E-state index in [2.05, 4.69) is 0 Å². The molecule has 1 aliphatic heterocycles. The summed E-state index contributed by atoms with van der Waals surface area (Å²) in [6.07, 6.45) is 3.35. The quantitative estimate of drug-likeness (QED) is 0.194. The molecule has 8 heteroatoms. The molecule has 0 atom stereocenters. The zero-order valence-corrected chi connectivity index (χ0v) is 20.0. The second kappa shape index (κ2) is 10.8. The van der Waals surface area contributed by atoms with Gasteiger partial charge in [0.05, 0.1) is 23.6 Å². The van der Waals surface area contributed by atoms with E-state index in [1.54, 1.807) is 60.7 Å². The molecule has 6 nitrogen and oxygen atoms in total. The predicted molar refractivity (Wildman–Crippen MR) is 132 cm³/mol. The molecule has 1 fully saturated rings. The van der Waals surface area contributed by atoms with Crippen LogP contribution < -0.4 is 0 Å². The van der Waals surface area contributed by atoms with Crippen LogP contribution in [0.4, 0.5) is 4.79 Å². The number of rotatable bonds is 8. The van der Waals surface area contributed by atoms with E-state index in [4.69, 9.17) is 20.8 Å². The number of carbonyl (C=O) groups excluding carboxylic acids is 3. The Morgan fingerprint density at radius 2 is 1.85 bits per heavy atom. The van der Waals surface area contributed by atoms with E-state index in [1.165, 1.54) is 4.90 Å². The van der Waals surface area contributed by atoms with Crippen molar-refractivity contribution >= 4 is 46.6 Å². The van der Waals surface area contributed by atoms with Gasteiger partial charge in [-0.1, -0.05) is 55.3 Å². The molecular weight excluding hydrogens is 474 g/mol. The van der Waals surface area contributed by atoms with Crippen LogP contribution in [0.3, 0.4) is 0 Å². The van der Waals surface area contributed by atoms with Gasteiger partial charge in [-0.3, -0.25) is 14.5 Å². The molecule has 3 aromatic rings. The lowest BCUT2D eigenvalue weighted by Gasteiger charge is -2.13. The highest BCUT2D eigenvalue weighted by molar-refractivity contribution is 8.18. The molecule has 2 amide bonds. The zero-order valence-electron chi connectivity index (χ0n) is 18.5. The normalized spacial score (nSPS) is 14.8. The van der Waals surface area contributed by atoms with Gasteiger partial charge in [0.25, 0.3) is 11.1 Å². The summed E-state index contributed by atoms with van der Waals surface area (Å²) in [5, 5.41) is 0.144. The van der Waals surface area contributed by atoms with Gasteiger partial charge in [-0.2, -0.15) is 0 Å². The number of carbonyl (C=O) groups is 3. The second-order valence-electron chi connectivity index (χ2n) is 7.63. The molecule has 2 aromatic carbocycles. The van der Waals surface area contributed by atoms with Crippen molar-refractivity contribution in [2.45, 2.75) is 26.3 Å². The van der Waals surface area contributed by atoms with Crippen molar-refractivity contribution in [3.8, 4) is 11.3 Å². The summed E-state index contributed by atoms with van der Waals surface area (Å²) >= 11 is 7.03. The fraction of sp³-hybridized carbons (Fsp3) is 0.192. The lowest BCUT2D eigenvalue weighted by atomic mass is 10.1. The van der Waals surface area contributed by atoms with Gasteiger partial charge in [0, 0.05) is 16.7 Å². The molecule has 2 heterocycles. The fourth-order valence-electron chi connectivity index (χ4n) is 3.31. The first kappa shape index (κ1) is 23.9. The Labute approximate surface area is 206 Å². The number of benzene rings is 2. The van der Waals surface area contributed by atoms with Crippen LogP contribution in [0.5, 0.6) is 0 Å². The van der Waals surface area contributed by atoms with Crippen molar-refractivity contribution in [2.24, 2.45) is 0 Å². The minimum atomic E-state index is -0.390. The van der Waals surface area contributed by atoms with E-state index in [0.29, 0.717) is 34.3 Å². The van der Waals surface area contributed by atoms with Gasteiger partial charge in [0.2, 0.25) is 0 Å². The van der Waals surface area contributed by atoms with E-state index in [0.717, 1.165) is 30.2 Å². The molecule has 0 saturated carbocycles. The van der Waals surface area contributed by atoms with Crippen LogP contribution in [-0.4, -0.2) is 28.6 Å². The van der Waals surface area contributed by atoms with Gasteiger partial charge >= 0.3 is 5.97 Å². The lowest BCUT2D eigenvalue weighted by Crippen LogP contribution is -2.27. The Morgan fingerprint density at radius 1 is 1.09 bits per heavy atom. The summed E-state index contributed by atoms with van der Waals surface area (Å²) in [5.74, 6) is 0.278. The molecule has 0 radical (unpaired) electrons. The van der Waals surface area contributed by atoms with E-state index in [9.17, 15) is 14.4 Å². The molecule has 0 aliphatic carbocycles. The number of esters is 1. The molecule has 174 valence electrons. The van der Waals surface area contributed by atoms with Gasteiger partial charge in [-0.25, -0.2) is 4.79 Å². The first-order valence-corrected chi connectivity index (χ1v) is 12.0. The largest absolute Gasteiger partial charge is 0.462 e. The predicted octanol–water partition coefficient (Wildman–Crippen LogP) is 6.79. The van der Waals surface area contributed by atoms with Gasteiger partial charge in [-0.05, 0) is 54.1 Å². The van der Waals surface area contributed by atoms with Gasteiger partial charge in [-0.15, -0.1) is 0 Å². The number of amides is 2. The highest BCUT2D eigenvalue weighted by Gasteiger charge is 2.35. The highest BCUT2D eigenvalue weighted by atomic mass is 35.5. The summed E-state index contributed by atoms with van der Waals surface area (Å²) in [5.41, 5.74) is 1.95. The van der Waals surface area contributed by atoms with Crippen LogP contribution >= 0.6 is 23.4 Å². The summed E-state index contributed by atoms with van der Waals surface area (Å²) in [6, 6.07) is 17.5. The van der Waals surface area contributed by atoms with Gasteiger partial charge in [0.15, 0.2) is 0 Å². The Kier molecular flexibility index (Phi) is 7.55. The molecule has 1 saturated heterocycles. The number of thioether (sulfide) groups is 1. The Bertz CT molecular complexity index is 1250. The minimum absolute atomic E-state index is 0.109. The maximum absolute atomic E-state index is 12.8. The molecule has 4 rings (SSSR count). The second-order valence-corrected chi connectivity index (χ2v) is 9.03. The molecule has 0 N–H and O–H groups in total. The Hall–Kier alpha value is -3.29. The molecule has 0 bridgehead atoms. The number of furan rings is 1. The molecule has 0 spiro atoms. The Balaban J connectivity index is 1.44. The highest BCUT2D eigenvalue weighted by Crippen LogP contribution is 2.35. The average Bonchev–Trinajstić information content (AvgIpc) is 3.41. The van der Waals surface area contributed by atoms with Gasteiger partial charge < -0.3 is 9.15 Å². The first-order chi connectivity index (χ1) is 16.5. The monoisotopic (exact) mass is 495 g/mol. The average molecular weight is 496 g/mol. The summed E-state index contributed by atoms with van der Waals surface area (Å²) in [6.45, 7) is 2.55. The number of nitrogens with zero attached hydrogens (tertiary/aromatic N) is 1. The van der Waals surface area contributed by atoms with Gasteiger partial charge in [0.1, 0.15) is 11.5 Å². The fourth-order valence-corrected chi connectivity index (χ4v) is 4.32. The molecule has 1 aromatic heterocycles. The number of hydrogen-bond donors (Lipinski definition) is 0. The standard InChI is InChI=1S/C26H22ClNO5S/c1-2-3-14-32-25(30)18-10-8-17(9-11-18)22-13-12-20(33-22)15-23-24(29)28(26(31)34-23)16-19-6-4-5-7-21(19)27/h4-13,15H,2-3,14,16H2,1H3/b23-15-. The smallest absolute Gasteiger partial charge is 0.338 e. The van der Waals surface area contributed by atoms with Crippen molar-refractivity contribution < 1.29 is 23.5 Å². The topological polar surface area (TPSA) is 76.8 Å². The maximum Gasteiger partial charge on any atom is 0.338 e. The van der Waals surface area contributed by atoms with Crippen molar-refractivity contribution in [1.29, 1.82) is 0 Å². The SMILES string of the molecule is CCCCOC(=O)c1ccc(-c2ccc(/C=C3\SC(=O)N(Cc4ccccc4Cl)C3=O)o2)cc1. The molecular formula is C26H22ClNO5S. The van der Waals surface area contributed by atoms with E-state index >= 15 is 0 Å². The van der Waals surface area contributed by atoms with Crippen molar-refractivity contribution in [1.82, 2.24) is 4.90 Å². The lowest BCUT2D eigenvalue weighted by molar-refractivity contribution is -0.123. The number of ether oxygens (including phenoxy) is 1. The first-order valence-electron chi connectivity index (χ1n) is 10.8. The van der Waals surface area contributed by atoms with Crippen LogP contribution in [0.2, 0.25) is 5.02 Å². The van der Waals surface area contributed by atoms with E-state index in [1.807, 2.05) is 13.0 Å². The van der Waals surface area contributed by atoms with Crippen molar-refractivity contribution in [2.75, 3.05) is 6.61 Å². The third-order valence-corrected chi connectivity index (χ3v) is 6.47. The summed E-state index contributed by atoms with van der Waals surface area (Å²) in [7, 11) is 0. The zero-order chi connectivity index (χ0) is 24.1. The Morgan fingerprint density at radius 3 is 2.59 bits per heavy atom. The van der Waals surface area contributed by atoms with Crippen LogP contribution in [0.15, 0.2) is 70.0 Å². The van der Waals surface area contributed by atoms with E-state index in [-0.39, 0.29) is 28.6 Å². The van der Waals surface area contributed by atoms with Crippen LogP contribution in [0, 0.1) is 0 Å². The summed E-state index contributed by atoms with van der Waals surface area (Å²) < 4.78 is 11.1. The third-order valence-electron chi connectivity index (χ3n) is 5.20. The molecule has 34 heavy (non-hydrogen) atoms. The molecule has 0 unspecified atom stereocenters. The number of unbranched alkanes of at least 4 members (excludes halogenated alkanes) is 1. The summed E-state index contributed by atoms with van der Waals surface area (Å²) in [4.78, 5) is 38.7. The third kappa shape index (κ3) is 5.43. The number of imide groups is 1.